The summed E-state index contributed by atoms with van der Waals surface area (Å²) >= 11 is 0. The van der Waals surface area contributed by atoms with E-state index in [4.69, 9.17) is 9.26 Å². The highest BCUT2D eigenvalue weighted by Gasteiger charge is 2.39. The molecule has 1 fully saturated rings. The Morgan fingerprint density at radius 2 is 1.63 bits per heavy atom. The number of benzene rings is 3. The number of rotatable bonds is 9. The van der Waals surface area contributed by atoms with Crippen molar-refractivity contribution in [3.05, 3.63) is 113 Å². The van der Waals surface area contributed by atoms with Crippen LogP contribution in [0.25, 0.3) is 0 Å². The van der Waals surface area contributed by atoms with Gasteiger partial charge in [-0.2, -0.15) is 0 Å². The predicted molar refractivity (Wildman–Crippen MR) is 140 cm³/mol. The fourth-order valence-electron chi connectivity index (χ4n) is 4.98. The molecular weight excluding hydrogens is 483 g/mol. The molecule has 1 amide bonds. The molecule has 1 aromatic heterocycles. The number of halogens is 1. The lowest BCUT2D eigenvalue weighted by Crippen LogP contribution is -2.42. The number of hydrogen-bond acceptors (Lipinski definition) is 5. The van der Waals surface area contributed by atoms with Crippen molar-refractivity contribution in [1.29, 1.82) is 0 Å². The summed E-state index contributed by atoms with van der Waals surface area (Å²) in [7, 11) is 0. The summed E-state index contributed by atoms with van der Waals surface area (Å²) in [6.07, 6.45) is 1.73. The molecule has 5 rings (SSSR count). The third-order valence-electron chi connectivity index (χ3n) is 6.80. The van der Waals surface area contributed by atoms with E-state index >= 15 is 0 Å². The molecule has 0 unspecified atom stereocenters. The zero-order chi connectivity index (χ0) is 26.5. The maximum absolute atomic E-state index is 13.5. The SMILES string of the molecule is Cc1cc(CC(=O)N2C[C@H](Cc3ccccc3)C[C@H]2C(=O)Cc2ccc(Oc3ccc(F)cc3)cc2)on1. The maximum Gasteiger partial charge on any atom is 0.230 e. The van der Waals surface area contributed by atoms with Gasteiger partial charge in [-0.05, 0) is 73.2 Å². The van der Waals surface area contributed by atoms with Gasteiger partial charge in [0.2, 0.25) is 5.91 Å². The van der Waals surface area contributed by atoms with Gasteiger partial charge in [0.15, 0.2) is 5.78 Å². The molecule has 38 heavy (non-hydrogen) atoms. The fourth-order valence-corrected chi connectivity index (χ4v) is 4.98. The van der Waals surface area contributed by atoms with Gasteiger partial charge in [0.1, 0.15) is 23.1 Å². The van der Waals surface area contributed by atoms with Crippen LogP contribution in [-0.4, -0.2) is 34.3 Å². The molecule has 0 saturated carbocycles. The lowest BCUT2D eigenvalue weighted by molar-refractivity contribution is -0.137. The van der Waals surface area contributed by atoms with Crippen LogP contribution in [0.4, 0.5) is 4.39 Å². The van der Waals surface area contributed by atoms with Gasteiger partial charge < -0.3 is 14.2 Å². The minimum absolute atomic E-state index is 0.00913. The number of likely N-dealkylation sites (tertiary alicyclic amines) is 1. The number of aromatic nitrogens is 1. The first-order valence-electron chi connectivity index (χ1n) is 12.7. The van der Waals surface area contributed by atoms with Gasteiger partial charge in [0, 0.05) is 19.0 Å². The van der Waals surface area contributed by atoms with Crippen LogP contribution in [0.3, 0.4) is 0 Å². The Morgan fingerprint density at radius 3 is 2.29 bits per heavy atom. The van der Waals surface area contributed by atoms with Gasteiger partial charge in [0.25, 0.3) is 0 Å². The van der Waals surface area contributed by atoms with E-state index in [9.17, 15) is 14.0 Å². The molecule has 194 valence electrons. The third kappa shape index (κ3) is 6.35. The zero-order valence-electron chi connectivity index (χ0n) is 21.2. The van der Waals surface area contributed by atoms with E-state index in [0.29, 0.717) is 30.2 Å². The first kappa shape index (κ1) is 25.4. The van der Waals surface area contributed by atoms with E-state index < -0.39 is 6.04 Å². The summed E-state index contributed by atoms with van der Waals surface area (Å²) in [6.45, 7) is 2.34. The fraction of sp³-hybridized carbons (Fsp3) is 0.258. The number of aryl methyl sites for hydroxylation is 1. The second-order valence-electron chi connectivity index (χ2n) is 9.81. The molecule has 1 saturated heterocycles. The van der Waals surface area contributed by atoms with Crippen molar-refractivity contribution in [3.8, 4) is 11.5 Å². The molecule has 2 atom stereocenters. The van der Waals surface area contributed by atoms with Crippen LogP contribution in [0, 0.1) is 18.7 Å². The number of nitrogens with zero attached hydrogens (tertiary/aromatic N) is 2. The molecule has 3 aromatic carbocycles. The molecule has 6 nitrogen and oxygen atoms in total. The van der Waals surface area contributed by atoms with Crippen molar-refractivity contribution < 1.29 is 23.2 Å². The van der Waals surface area contributed by atoms with Crippen LogP contribution >= 0.6 is 0 Å². The molecule has 0 aliphatic carbocycles. The minimum Gasteiger partial charge on any atom is -0.457 e. The van der Waals surface area contributed by atoms with Gasteiger partial charge in [-0.1, -0.05) is 47.6 Å². The van der Waals surface area contributed by atoms with Crippen molar-refractivity contribution >= 4 is 11.7 Å². The highest BCUT2D eigenvalue weighted by molar-refractivity contribution is 5.91. The summed E-state index contributed by atoms with van der Waals surface area (Å²) in [6, 6.07) is 24.5. The molecule has 0 N–H and O–H groups in total. The Labute approximate surface area is 221 Å². The van der Waals surface area contributed by atoms with Crippen LogP contribution < -0.4 is 4.74 Å². The first-order valence-corrected chi connectivity index (χ1v) is 12.7. The average Bonchev–Trinajstić information content (AvgIpc) is 3.53. The normalized spacial score (nSPS) is 16.9. The molecule has 0 spiro atoms. The smallest absolute Gasteiger partial charge is 0.230 e. The van der Waals surface area contributed by atoms with Crippen LogP contribution in [0.5, 0.6) is 11.5 Å². The van der Waals surface area contributed by atoms with Crippen molar-refractivity contribution in [2.75, 3.05) is 6.54 Å². The summed E-state index contributed by atoms with van der Waals surface area (Å²) in [5.41, 5.74) is 2.75. The van der Waals surface area contributed by atoms with Crippen molar-refractivity contribution in [1.82, 2.24) is 10.1 Å². The number of carbonyl (C=O) groups is 2. The minimum atomic E-state index is -0.490. The van der Waals surface area contributed by atoms with Crippen molar-refractivity contribution in [2.45, 2.75) is 38.6 Å². The van der Waals surface area contributed by atoms with Gasteiger partial charge >= 0.3 is 0 Å². The van der Waals surface area contributed by atoms with E-state index in [0.717, 1.165) is 17.7 Å². The molecule has 4 aromatic rings. The number of hydrogen-bond donors (Lipinski definition) is 0. The lowest BCUT2D eigenvalue weighted by Gasteiger charge is -2.23. The highest BCUT2D eigenvalue weighted by atomic mass is 19.1. The van der Waals surface area contributed by atoms with E-state index in [1.807, 2.05) is 37.3 Å². The van der Waals surface area contributed by atoms with Crippen molar-refractivity contribution in [3.63, 3.8) is 0 Å². The van der Waals surface area contributed by atoms with Gasteiger partial charge in [0.05, 0.1) is 18.2 Å². The summed E-state index contributed by atoms with van der Waals surface area (Å²) < 4.78 is 24.1. The maximum atomic E-state index is 13.5. The Balaban J connectivity index is 1.27. The van der Waals surface area contributed by atoms with Crippen molar-refractivity contribution in [2.24, 2.45) is 5.92 Å². The summed E-state index contributed by atoms with van der Waals surface area (Å²) in [4.78, 5) is 28.5. The lowest BCUT2D eigenvalue weighted by atomic mass is 9.94. The number of amides is 1. The van der Waals surface area contributed by atoms with E-state index in [1.165, 1.54) is 17.7 Å². The first-order chi connectivity index (χ1) is 18.4. The second-order valence-corrected chi connectivity index (χ2v) is 9.81. The van der Waals surface area contributed by atoms with Gasteiger partial charge in [-0.15, -0.1) is 0 Å². The Bertz CT molecular complexity index is 1380. The molecule has 2 heterocycles. The molecule has 7 heteroatoms. The Kier molecular flexibility index (Phi) is 7.63. The van der Waals surface area contributed by atoms with E-state index in [-0.39, 0.29) is 36.3 Å². The Morgan fingerprint density at radius 1 is 0.947 bits per heavy atom. The van der Waals surface area contributed by atoms with Crippen LogP contribution in [0.2, 0.25) is 0 Å². The molecule has 1 aliphatic heterocycles. The second kappa shape index (κ2) is 11.4. The quantitative estimate of drug-likeness (QED) is 0.286. The summed E-state index contributed by atoms with van der Waals surface area (Å²) in [5.74, 6) is 1.37. The third-order valence-corrected chi connectivity index (χ3v) is 6.80. The largest absolute Gasteiger partial charge is 0.457 e. The number of Topliss-reactive ketones (excluding diaryl/α,β-unsaturated/α-hetero) is 1. The Hall–Kier alpha value is -4.26. The summed E-state index contributed by atoms with van der Waals surface area (Å²) in [5, 5.41) is 3.87. The highest BCUT2D eigenvalue weighted by Crippen LogP contribution is 2.29. The standard InChI is InChI=1S/C31H29FN2O4/c1-21-15-28(38-33-21)19-31(36)34-20-24(16-22-5-3-2-4-6-22)17-29(34)30(35)18-23-7-11-26(12-8-23)37-27-13-9-25(32)10-14-27/h2-15,24,29H,16-20H2,1H3/t24-,29+/m1/s1. The topological polar surface area (TPSA) is 72.6 Å². The van der Waals surface area contributed by atoms with Crippen LogP contribution in [0.15, 0.2) is 89.5 Å². The monoisotopic (exact) mass is 512 g/mol. The van der Waals surface area contributed by atoms with Gasteiger partial charge in [-0.3, -0.25) is 9.59 Å². The number of ketones is 1. The van der Waals surface area contributed by atoms with Crippen LogP contribution in [0.1, 0.15) is 29.0 Å². The number of ether oxygens (including phenoxy) is 1. The van der Waals surface area contributed by atoms with E-state index in [2.05, 4.69) is 17.3 Å². The zero-order valence-corrected chi connectivity index (χ0v) is 21.2. The molecular formula is C31H29FN2O4. The average molecular weight is 513 g/mol. The predicted octanol–water partition coefficient (Wildman–Crippen LogP) is 5.73. The molecule has 1 aliphatic rings. The number of carbonyl (C=O) groups excluding carboxylic acids is 2. The molecule has 0 radical (unpaired) electrons. The van der Waals surface area contributed by atoms with Crippen LogP contribution in [-0.2, 0) is 28.9 Å². The van der Waals surface area contributed by atoms with Gasteiger partial charge in [-0.25, -0.2) is 4.39 Å². The molecule has 0 bridgehead atoms. The van der Waals surface area contributed by atoms with E-state index in [1.54, 1.807) is 35.2 Å².